The van der Waals surface area contributed by atoms with Gasteiger partial charge in [-0.3, -0.25) is 14.9 Å². The van der Waals surface area contributed by atoms with Crippen molar-refractivity contribution in [1.29, 1.82) is 0 Å². The number of halogens is 1. The van der Waals surface area contributed by atoms with Gasteiger partial charge >= 0.3 is 5.97 Å². The maximum absolute atomic E-state index is 12.9. The summed E-state index contributed by atoms with van der Waals surface area (Å²) in [4.78, 5) is 27.8. The smallest absolute Gasteiger partial charge is 0.302 e. The van der Waals surface area contributed by atoms with Gasteiger partial charge in [0.05, 0.1) is 12.2 Å². The van der Waals surface area contributed by atoms with Gasteiger partial charge in [-0.25, -0.2) is 4.99 Å². The van der Waals surface area contributed by atoms with E-state index in [-0.39, 0.29) is 31.6 Å². The zero-order chi connectivity index (χ0) is 26.9. The number of ether oxygens (including phenoxy) is 2. The third-order valence-electron chi connectivity index (χ3n) is 5.51. The molecule has 1 amide bonds. The SMILES string of the molecule is CC(=O)OCCN=C(N)NC(=O)Cn1c(-c2ccc(Oc3ccccc3)cc2)ccc1-c1ccccc1Cl. The fraction of sp³-hybridized carbons (Fsp3) is 0.138. The van der Waals surface area contributed by atoms with E-state index >= 15 is 0 Å². The number of nitrogens with zero attached hydrogens (tertiary/aromatic N) is 2. The van der Waals surface area contributed by atoms with Gasteiger partial charge in [-0.2, -0.15) is 0 Å². The van der Waals surface area contributed by atoms with Crippen LogP contribution in [0.5, 0.6) is 11.5 Å². The summed E-state index contributed by atoms with van der Waals surface area (Å²) in [6.45, 7) is 1.49. The Kier molecular flexibility index (Phi) is 8.79. The number of aromatic nitrogens is 1. The molecule has 8 nitrogen and oxygen atoms in total. The number of amides is 1. The van der Waals surface area contributed by atoms with Gasteiger partial charge in [0.15, 0.2) is 5.96 Å². The minimum absolute atomic E-state index is 0.0364. The van der Waals surface area contributed by atoms with E-state index in [9.17, 15) is 9.59 Å². The van der Waals surface area contributed by atoms with Crippen LogP contribution in [0.3, 0.4) is 0 Å². The fourth-order valence-electron chi connectivity index (χ4n) is 3.83. The molecule has 38 heavy (non-hydrogen) atoms. The Morgan fingerprint density at radius 1 is 0.895 bits per heavy atom. The van der Waals surface area contributed by atoms with Gasteiger partial charge in [-0.05, 0) is 60.2 Å². The lowest BCUT2D eigenvalue weighted by atomic mass is 10.1. The van der Waals surface area contributed by atoms with E-state index in [4.69, 9.17) is 26.8 Å². The van der Waals surface area contributed by atoms with Gasteiger partial charge in [0, 0.05) is 23.2 Å². The van der Waals surface area contributed by atoms with E-state index < -0.39 is 5.97 Å². The van der Waals surface area contributed by atoms with Crippen molar-refractivity contribution in [2.45, 2.75) is 13.5 Å². The summed E-state index contributed by atoms with van der Waals surface area (Å²) < 4.78 is 12.6. The topological polar surface area (TPSA) is 108 Å². The standard InChI is InChI=1S/C29H27ClN4O4/c1-20(35)37-18-17-32-29(31)33-28(36)19-34-26(15-16-27(34)24-9-5-6-10-25(24)30)21-11-13-23(14-12-21)38-22-7-3-2-4-8-22/h2-16H,17-19H2,1H3,(H3,31,32,33,36). The number of hydrogen-bond acceptors (Lipinski definition) is 5. The van der Waals surface area contributed by atoms with Crippen LogP contribution in [0.4, 0.5) is 0 Å². The summed E-state index contributed by atoms with van der Waals surface area (Å²) in [6.07, 6.45) is 0. The van der Waals surface area contributed by atoms with Crippen LogP contribution >= 0.6 is 11.6 Å². The summed E-state index contributed by atoms with van der Waals surface area (Å²) in [5, 5.41) is 3.16. The lowest BCUT2D eigenvalue weighted by Gasteiger charge is -2.15. The van der Waals surface area contributed by atoms with Gasteiger partial charge < -0.3 is 19.8 Å². The first-order valence-corrected chi connectivity index (χ1v) is 12.3. The summed E-state index contributed by atoms with van der Waals surface area (Å²) >= 11 is 6.49. The van der Waals surface area contributed by atoms with Crippen LogP contribution < -0.4 is 15.8 Å². The van der Waals surface area contributed by atoms with Crippen LogP contribution in [0, 0.1) is 0 Å². The summed E-state index contributed by atoms with van der Waals surface area (Å²) in [5.74, 6) is 0.606. The number of hydrogen-bond donors (Lipinski definition) is 2. The Balaban J connectivity index is 1.58. The molecular weight excluding hydrogens is 504 g/mol. The summed E-state index contributed by atoms with van der Waals surface area (Å²) in [7, 11) is 0. The minimum atomic E-state index is -0.408. The van der Waals surface area contributed by atoms with E-state index in [2.05, 4.69) is 10.3 Å². The third kappa shape index (κ3) is 7.02. The van der Waals surface area contributed by atoms with Gasteiger partial charge in [0.1, 0.15) is 24.7 Å². The molecule has 194 valence electrons. The predicted octanol–water partition coefficient (Wildman–Crippen LogP) is 5.26. The van der Waals surface area contributed by atoms with Crippen LogP contribution in [0.25, 0.3) is 22.5 Å². The Morgan fingerprint density at radius 3 is 2.26 bits per heavy atom. The zero-order valence-electron chi connectivity index (χ0n) is 20.8. The van der Waals surface area contributed by atoms with Crippen molar-refractivity contribution in [3.8, 4) is 34.0 Å². The Labute approximate surface area is 225 Å². The van der Waals surface area contributed by atoms with Gasteiger partial charge in [0.25, 0.3) is 0 Å². The van der Waals surface area contributed by atoms with E-state index in [1.54, 1.807) is 6.07 Å². The van der Waals surface area contributed by atoms with Crippen molar-refractivity contribution in [3.05, 3.63) is 96.0 Å². The first-order chi connectivity index (χ1) is 18.4. The van der Waals surface area contributed by atoms with Gasteiger partial charge in [-0.15, -0.1) is 0 Å². The molecule has 4 aromatic rings. The third-order valence-corrected chi connectivity index (χ3v) is 5.84. The largest absolute Gasteiger partial charge is 0.464 e. The Morgan fingerprint density at radius 2 is 1.55 bits per heavy atom. The summed E-state index contributed by atoms with van der Waals surface area (Å²) in [5.41, 5.74) is 9.12. The van der Waals surface area contributed by atoms with Crippen LogP contribution in [0.1, 0.15) is 6.92 Å². The molecular formula is C29H27ClN4O4. The highest BCUT2D eigenvalue weighted by Gasteiger charge is 2.17. The van der Waals surface area contributed by atoms with Crippen LogP contribution in [-0.4, -0.2) is 35.6 Å². The van der Waals surface area contributed by atoms with Crippen molar-refractivity contribution in [2.24, 2.45) is 10.7 Å². The number of para-hydroxylation sites is 1. The van der Waals surface area contributed by atoms with Crippen molar-refractivity contribution in [2.75, 3.05) is 13.2 Å². The number of carbonyl (C=O) groups excluding carboxylic acids is 2. The molecule has 0 aliphatic rings. The number of benzene rings is 3. The molecule has 0 saturated carbocycles. The van der Waals surface area contributed by atoms with Crippen molar-refractivity contribution >= 4 is 29.4 Å². The normalized spacial score (nSPS) is 11.2. The molecule has 1 aromatic heterocycles. The quantitative estimate of drug-likeness (QED) is 0.133. The number of rotatable bonds is 9. The zero-order valence-corrected chi connectivity index (χ0v) is 21.5. The molecule has 0 spiro atoms. The van der Waals surface area contributed by atoms with Gasteiger partial charge in [0.2, 0.25) is 5.91 Å². The number of nitrogens with two attached hydrogens (primary N) is 1. The van der Waals surface area contributed by atoms with Crippen molar-refractivity contribution < 1.29 is 19.1 Å². The second-order valence-corrected chi connectivity index (χ2v) is 8.67. The highest BCUT2D eigenvalue weighted by Crippen LogP contribution is 2.34. The number of aliphatic imine (C=N–C) groups is 1. The number of carbonyl (C=O) groups is 2. The van der Waals surface area contributed by atoms with E-state index in [0.29, 0.717) is 10.8 Å². The predicted molar refractivity (Wildman–Crippen MR) is 148 cm³/mol. The molecule has 3 N–H and O–H groups in total. The molecule has 1 heterocycles. The lowest BCUT2D eigenvalue weighted by Crippen LogP contribution is -2.39. The number of guanidine groups is 1. The minimum Gasteiger partial charge on any atom is -0.464 e. The average molecular weight is 531 g/mol. The van der Waals surface area contributed by atoms with E-state index in [1.807, 2.05) is 89.5 Å². The first-order valence-electron chi connectivity index (χ1n) is 11.9. The Bertz CT molecular complexity index is 1430. The van der Waals surface area contributed by atoms with E-state index in [0.717, 1.165) is 28.3 Å². The maximum atomic E-state index is 12.9. The van der Waals surface area contributed by atoms with Crippen molar-refractivity contribution in [1.82, 2.24) is 9.88 Å². The number of esters is 1. The molecule has 0 saturated heterocycles. The molecule has 0 unspecified atom stereocenters. The molecule has 0 atom stereocenters. The van der Waals surface area contributed by atoms with Crippen LogP contribution in [0.15, 0.2) is 96.0 Å². The highest BCUT2D eigenvalue weighted by molar-refractivity contribution is 6.33. The fourth-order valence-corrected chi connectivity index (χ4v) is 4.07. The summed E-state index contributed by atoms with van der Waals surface area (Å²) in [6, 6.07) is 28.5. The molecule has 0 bridgehead atoms. The molecule has 0 fully saturated rings. The highest BCUT2D eigenvalue weighted by atomic mass is 35.5. The molecule has 0 aliphatic carbocycles. The van der Waals surface area contributed by atoms with Crippen LogP contribution in [0.2, 0.25) is 5.02 Å². The first kappa shape index (κ1) is 26.5. The van der Waals surface area contributed by atoms with Gasteiger partial charge in [-0.1, -0.05) is 48.0 Å². The second kappa shape index (κ2) is 12.6. The monoisotopic (exact) mass is 530 g/mol. The second-order valence-electron chi connectivity index (χ2n) is 8.26. The molecule has 0 aliphatic heterocycles. The number of nitrogens with one attached hydrogen (secondary N) is 1. The van der Waals surface area contributed by atoms with Crippen LogP contribution in [-0.2, 0) is 20.9 Å². The maximum Gasteiger partial charge on any atom is 0.302 e. The Hall–Kier alpha value is -4.56. The average Bonchev–Trinajstić information content (AvgIpc) is 3.30. The molecule has 4 rings (SSSR count). The van der Waals surface area contributed by atoms with E-state index in [1.165, 1.54) is 6.92 Å². The molecule has 9 heteroatoms. The molecule has 3 aromatic carbocycles. The lowest BCUT2D eigenvalue weighted by molar-refractivity contribution is -0.140. The van der Waals surface area contributed by atoms with Crippen molar-refractivity contribution in [3.63, 3.8) is 0 Å². The molecule has 0 radical (unpaired) electrons.